The molecule has 0 unspecified atom stereocenters. The van der Waals surface area contributed by atoms with Crippen molar-refractivity contribution in [3.63, 3.8) is 0 Å². The van der Waals surface area contributed by atoms with E-state index in [-0.39, 0.29) is 5.91 Å². The van der Waals surface area contributed by atoms with Gasteiger partial charge in [0.25, 0.3) is 5.91 Å². The van der Waals surface area contributed by atoms with E-state index in [0.29, 0.717) is 10.9 Å². The van der Waals surface area contributed by atoms with Crippen molar-refractivity contribution in [1.82, 2.24) is 5.32 Å². The summed E-state index contributed by atoms with van der Waals surface area (Å²) in [6, 6.07) is 7.97. The average molecular weight is 232 g/mol. The van der Waals surface area contributed by atoms with E-state index in [1.807, 2.05) is 37.4 Å². The lowest BCUT2D eigenvalue weighted by molar-refractivity contribution is -0.115. The SMILES string of the molecule is CSC1=N/C(=C\c2ccc(C)cc2)C(=O)N1. The molecule has 4 heteroatoms. The third kappa shape index (κ3) is 2.33. The van der Waals surface area contributed by atoms with Crippen LogP contribution < -0.4 is 5.32 Å². The second-order valence-electron chi connectivity index (χ2n) is 3.52. The topological polar surface area (TPSA) is 41.5 Å². The number of aliphatic imine (C=N–C) groups is 1. The molecule has 0 aromatic heterocycles. The van der Waals surface area contributed by atoms with E-state index in [0.717, 1.165) is 5.56 Å². The molecule has 1 N–H and O–H groups in total. The maximum Gasteiger partial charge on any atom is 0.275 e. The van der Waals surface area contributed by atoms with E-state index in [4.69, 9.17) is 0 Å². The summed E-state index contributed by atoms with van der Waals surface area (Å²) in [5.41, 5.74) is 2.65. The molecule has 1 aliphatic rings. The Morgan fingerprint density at radius 2 is 2.00 bits per heavy atom. The number of carbonyl (C=O) groups excluding carboxylic acids is 1. The fourth-order valence-corrected chi connectivity index (χ4v) is 1.75. The monoisotopic (exact) mass is 232 g/mol. The minimum atomic E-state index is -0.134. The lowest BCUT2D eigenvalue weighted by Gasteiger charge is -1.95. The molecule has 1 aromatic carbocycles. The first kappa shape index (κ1) is 11.0. The summed E-state index contributed by atoms with van der Waals surface area (Å²) < 4.78 is 0. The van der Waals surface area contributed by atoms with Crippen LogP contribution in [0.25, 0.3) is 6.08 Å². The van der Waals surface area contributed by atoms with Gasteiger partial charge in [0.1, 0.15) is 5.70 Å². The molecule has 82 valence electrons. The van der Waals surface area contributed by atoms with Gasteiger partial charge in [0, 0.05) is 0 Å². The van der Waals surface area contributed by atoms with Crippen LogP contribution in [0.1, 0.15) is 11.1 Å². The number of thioether (sulfide) groups is 1. The van der Waals surface area contributed by atoms with Crippen LogP contribution >= 0.6 is 11.8 Å². The fourth-order valence-electron chi connectivity index (χ4n) is 1.36. The molecule has 0 spiro atoms. The molecule has 0 aliphatic carbocycles. The van der Waals surface area contributed by atoms with Crippen LogP contribution in [-0.2, 0) is 4.79 Å². The van der Waals surface area contributed by atoms with Gasteiger partial charge in [-0.2, -0.15) is 0 Å². The number of amides is 1. The predicted molar refractivity (Wildman–Crippen MR) is 68.2 cm³/mol. The molecule has 16 heavy (non-hydrogen) atoms. The normalized spacial score (nSPS) is 17.5. The summed E-state index contributed by atoms with van der Waals surface area (Å²) in [6.45, 7) is 2.03. The molecule has 1 aliphatic heterocycles. The Kier molecular flexibility index (Phi) is 3.10. The van der Waals surface area contributed by atoms with Crippen molar-refractivity contribution >= 4 is 28.9 Å². The molecule has 0 radical (unpaired) electrons. The first-order valence-electron chi connectivity index (χ1n) is 4.91. The van der Waals surface area contributed by atoms with Gasteiger partial charge in [0.2, 0.25) is 0 Å². The summed E-state index contributed by atoms with van der Waals surface area (Å²) in [4.78, 5) is 15.7. The number of carbonyl (C=O) groups is 1. The van der Waals surface area contributed by atoms with Gasteiger partial charge in [-0.25, -0.2) is 4.99 Å². The van der Waals surface area contributed by atoms with E-state index in [1.165, 1.54) is 17.3 Å². The van der Waals surface area contributed by atoms with E-state index < -0.39 is 0 Å². The first-order chi connectivity index (χ1) is 7.69. The minimum absolute atomic E-state index is 0.134. The van der Waals surface area contributed by atoms with Gasteiger partial charge in [-0.05, 0) is 24.8 Å². The summed E-state index contributed by atoms with van der Waals surface area (Å²) in [5, 5.41) is 3.35. The van der Waals surface area contributed by atoms with Crippen LogP contribution in [0.15, 0.2) is 35.0 Å². The zero-order valence-electron chi connectivity index (χ0n) is 9.15. The standard InChI is InChI=1S/C12H12N2OS/c1-8-3-5-9(6-4-8)7-10-11(15)14-12(13-10)16-2/h3-7H,1-2H3,(H,13,14,15)/b10-7-. The van der Waals surface area contributed by atoms with Gasteiger partial charge >= 0.3 is 0 Å². The van der Waals surface area contributed by atoms with E-state index in [2.05, 4.69) is 10.3 Å². The van der Waals surface area contributed by atoms with Crippen LogP contribution in [0.2, 0.25) is 0 Å². The molecule has 1 heterocycles. The molecular weight excluding hydrogens is 220 g/mol. The molecular formula is C12H12N2OS. The Balaban J connectivity index is 2.28. The zero-order chi connectivity index (χ0) is 11.5. The van der Waals surface area contributed by atoms with Crippen molar-refractivity contribution in [1.29, 1.82) is 0 Å². The van der Waals surface area contributed by atoms with Gasteiger partial charge in [-0.15, -0.1) is 0 Å². The molecule has 0 fully saturated rings. The Bertz CT molecular complexity index is 474. The zero-order valence-corrected chi connectivity index (χ0v) is 9.97. The molecule has 0 saturated carbocycles. The number of nitrogens with zero attached hydrogens (tertiary/aromatic N) is 1. The Labute approximate surface area is 98.7 Å². The molecule has 0 saturated heterocycles. The van der Waals surface area contributed by atoms with Crippen molar-refractivity contribution in [3.8, 4) is 0 Å². The quantitative estimate of drug-likeness (QED) is 0.754. The van der Waals surface area contributed by atoms with Crippen molar-refractivity contribution in [2.24, 2.45) is 4.99 Å². The number of aryl methyl sites for hydroxylation is 1. The van der Waals surface area contributed by atoms with E-state index in [1.54, 1.807) is 6.08 Å². The van der Waals surface area contributed by atoms with Gasteiger partial charge in [0.05, 0.1) is 0 Å². The highest BCUT2D eigenvalue weighted by atomic mass is 32.2. The van der Waals surface area contributed by atoms with E-state index >= 15 is 0 Å². The third-order valence-electron chi connectivity index (χ3n) is 2.25. The second kappa shape index (κ2) is 4.53. The number of rotatable bonds is 1. The largest absolute Gasteiger partial charge is 0.300 e. The summed E-state index contributed by atoms with van der Waals surface area (Å²) in [5.74, 6) is -0.134. The van der Waals surface area contributed by atoms with Crippen molar-refractivity contribution in [2.75, 3.05) is 6.26 Å². The van der Waals surface area contributed by atoms with E-state index in [9.17, 15) is 4.79 Å². The highest BCUT2D eigenvalue weighted by Gasteiger charge is 2.18. The van der Waals surface area contributed by atoms with Crippen molar-refractivity contribution in [2.45, 2.75) is 6.92 Å². The number of nitrogens with one attached hydrogen (secondary N) is 1. The lowest BCUT2D eigenvalue weighted by Crippen LogP contribution is -2.21. The maximum atomic E-state index is 11.5. The molecule has 0 atom stereocenters. The van der Waals surface area contributed by atoms with Crippen LogP contribution in [0, 0.1) is 6.92 Å². The predicted octanol–water partition coefficient (Wildman–Crippen LogP) is 2.18. The van der Waals surface area contributed by atoms with Crippen molar-refractivity contribution < 1.29 is 4.79 Å². The number of benzene rings is 1. The summed E-state index contributed by atoms with van der Waals surface area (Å²) >= 11 is 1.43. The highest BCUT2D eigenvalue weighted by Crippen LogP contribution is 2.15. The third-order valence-corrected chi connectivity index (χ3v) is 2.83. The Morgan fingerprint density at radius 1 is 1.31 bits per heavy atom. The number of hydrogen-bond donors (Lipinski definition) is 1. The molecule has 1 amide bonds. The summed E-state index contributed by atoms with van der Waals surface area (Å²) in [7, 11) is 0. The molecule has 1 aromatic rings. The van der Waals surface area contributed by atoms with Crippen LogP contribution in [0.3, 0.4) is 0 Å². The highest BCUT2D eigenvalue weighted by molar-refractivity contribution is 8.13. The Morgan fingerprint density at radius 3 is 2.56 bits per heavy atom. The molecule has 3 nitrogen and oxygen atoms in total. The second-order valence-corrected chi connectivity index (χ2v) is 4.31. The smallest absolute Gasteiger partial charge is 0.275 e. The summed E-state index contributed by atoms with van der Waals surface area (Å²) in [6.07, 6.45) is 3.67. The minimum Gasteiger partial charge on any atom is -0.300 e. The Hall–Kier alpha value is -1.55. The average Bonchev–Trinajstić information content (AvgIpc) is 2.63. The van der Waals surface area contributed by atoms with Gasteiger partial charge < -0.3 is 0 Å². The van der Waals surface area contributed by atoms with Gasteiger partial charge in [-0.1, -0.05) is 41.6 Å². The van der Waals surface area contributed by atoms with Crippen LogP contribution in [0.5, 0.6) is 0 Å². The molecule has 0 bridgehead atoms. The number of amidine groups is 1. The lowest BCUT2D eigenvalue weighted by atomic mass is 10.1. The maximum absolute atomic E-state index is 11.5. The van der Waals surface area contributed by atoms with Crippen LogP contribution in [-0.4, -0.2) is 17.3 Å². The van der Waals surface area contributed by atoms with Crippen molar-refractivity contribution in [3.05, 3.63) is 41.1 Å². The fraction of sp³-hybridized carbons (Fsp3) is 0.167. The van der Waals surface area contributed by atoms with Crippen LogP contribution in [0.4, 0.5) is 0 Å². The number of hydrogen-bond acceptors (Lipinski definition) is 3. The van der Waals surface area contributed by atoms with Gasteiger partial charge in [0.15, 0.2) is 5.17 Å². The molecule has 2 rings (SSSR count). The first-order valence-corrected chi connectivity index (χ1v) is 6.14. The van der Waals surface area contributed by atoms with Gasteiger partial charge in [-0.3, -0.25) is 10.1 Å².